The highest BCUT2D eigenvalue weighted by atomic mass is 35.5. The van der Waals surface area contributed by atoms with Gasteiger partial charge in [-0.05, 0) is 36.8 Å². The second kappa shape index (κ2) is 8.56. The Morgan fingerprint density at radius 3 is 2.47 bits per heavy atom. The van der Waals surface area contributed by atoms with Gasteiger partial charge in [-0.2, -0.15) is 10.1 Å². The number of hydrogen-bond donors (Lipinski definition) is 0. The molecule has 0 radical (unpaired) electrons. The Kier molecular flexibility index (Phi) is 5.61. The molecule has 9 heteroatoms. The summed E-state index contributed by atoms with van der Waals surface area (Å²) >= 11 is 12.5. The number of rotatable bonds is 3. The summed E-state index contributed by atoms with van der Waals surface area (Å²) < 4.78 is 1.70. The van der Waals surface area contributed by atoms with Crippen LogP contribution in [0.2, 0.25) is 10.0 Å². The molecule has 0 saturated carbocycles. The van der Waals surface area contributed by atoms with Gasteiger partial charge in [0.1, 0.15) is 12.2 Å². The fourth-order valence-electron chi connectivity index (χ4n) is 4.48. The van der Waals surface area contributed by atoms with Crippen LogP contribution in [0.25, 0.3) is 0 Å². The van der Waals surface area contributed by atoms with Crippen LogP contribution in [-0.4, -0.2) is 57.5 Å². The SMILES string of the molecule is CC1=Nc2ncnn2C(c2ccc(Cl)c(Cl)c2)C1C(=O)N1CCN(c2ccccc2)CC1. The fraction of sp³-hybridized carbons (Fsp3) is 0.304. The fourth-order valence-corrected chi connectivity index (χ4v) is 4.79. The molecule has 32 heavy (non-hydrogen) atoms. The maximum atomic E-state index is 13.8. The second-order valence-electron chi connectivity index (χ2n) is 8.00. The maximum absolute atomic E-state index is 13.8. The minimum atomic E-state index is -0.496. The third kappa shape index (κ3) is 3.76. The number of carbonyl (C=O) groups is 1. The zero-order chi connectivity index (χ0) is 22.2. The van der Waals surface area contributed by atoms with E-state index in [1.54, 1.807) is 16.8 Å². The van der Waals surface area contributed by atoms with E-state index < -0.39 is 5.92 Å². The van der Waals surface area contributed by atoms with Crippen molar-refractivity contribution in [2.75, 3.05) is 31.1 Å². The van der Waals surface area contributed by atoms with E-state index in [1.807, 2.05) is 36.1 Å². The molecule has 164 valence electrons. The zero-order valence-electron chi connectivity index (χ0n) is 17.5. The summed E-state index contributed by atoms with van der Waals surface area (Å²) in [4.78, 5) is 26.8. The van der Waals surface area contributed by atoms with Gasteiger partial charge >= 0.3 is 0 Å². The summed E-state index contributed by atoms with van der Waals surface area (Å²) in [6, 6.07) is 15.3. The van der Waals surface area contributed by atoms with E-state index in [0.717, 1.165) is 24.4 Å². The molecule has 1 saturated heterocycles. The van der Waals surface area contributed by atoms with Gasteiger partial charge in [-0.25, -0.2) is 9.67 Å². The van der Waals surface area contributed by atoms with E-state index in [1.165, 1.54) is 12.0 Å². The van der Waals surface area contributed by atoms with Gasteiger partial charge in [-0.3, -0.25) is 4.79 Å². The number of piperazine rings is 1. The van der Waals surface area contributed by atoms with Crippen molar-refractivity contribution >= 4 is 46.5 Å². The van der Waals surface area contributed by atoms with E-state index >= 15 is 0 Å². The van der Waals surface area contributed by atoms with Crippen LogP contribution >= 0.6 is 23.2 Å². The van der Waals surface area contributed by atoms with Crippen LogP contribution in [0.1, 0.15) is 18.5 Å². The highest BCUT2D eigenvalue weighted by Gasteiger charge is 2.41. The first-order valence-corrected chi connectivity index (χ1v) is 11.3. The van der Waals surface area contributed by atoms with Crippen LogP contribution < -0.4 is 4.90 Å². The molecule has 1 aromatic heterocycles. The van der Waals surface area contributed by atoms with Gasteiger partial charge < -0.3 is 9.80 Å². The average Bonchev–Trinajstić information content (AvgIpc) is 3.28. The number of anilines is 1. The number of para-hydroxylation sites is 1. The van der Waals surface area contributed by atoms with Crippen LogP contribution in [0, 0.1) is 5.92 Å². The molecule has 2 aromatic carbocycles. The summed E-state index contributed by atoms with van der Waals surface area (Å²) in [6.45, 7) is 4.74. The first kappa shape index (κ1) is 21.0. The van der Waals surface area contributed by atoms with Crippen molar-refractivity contribution in [1.29, 1.82) is 0 Å². The van der Waals surface area contributed by atoms with Crippen molar-refractivity contribution in [2.45, 2.75) is 13.0 Å². The third-order valence-corrected chi connectivity index (χ3v) is 6.86. The molecule has 3 aromatic rings. The summed E-state index contributed by atoms with van der Waals surface area (Å²) in [5, 5.41) is 5.28. The Hall–Kier alpha value is -2.90. The second-order valence-corrected chi connectivity index (χ2v) is 8.82. The molecule has 3 heterocycles. The van der Waals surface area contributed by atoms with E-state index in [4.69, 9.17) is 23.2 Å². The van der Waals surface area contributed by atoms with Crippen LogP contribution in [0.3, 0.4) is 0 Å². The summed E-state index contributed by atoms with van der Waals surface area (Å²) in [7, 11) is 0. The lowest BCUT2D eigenvalue weighted by Gasteiger charge is -2.39. The zero-order valence-corrected chi connectivity index (χ0v) is 19.0. The molecule has 0 N–H and O–H groups in total. The average molecular weight is 469 g/mol. The van der Waals surface area contributed by atoms with Gasteiger partial charge in [0.2, 0.25) is 11.9 Å². The number of fused-ring (bicyclic) bond motifs is 1. The van der Waals surface area contributed by atoms with Crippen molar-refractivity contribution in [3.8, 4) is 0 Å². The number of benzene rings is 2. The van der Waals surface area contributed by atoms with Crippen LogP contribution in [-0.2, 0) is 4.79 Å². The monoisotopic (exact) mass is 468 g/mol. The summed E-state index contributed by atoms with van der Waals surface area (Å²) in [5.41, 5.74) is 2.75. The number of aliphatic imine (C=N–C) groups is 1. The molecule has 2 aliphatic heterocycles. The molecule has 1 fully saturated rings. The Labute approximate surface area is 196 Å². The van der Waals surface area contributed by atoms with Crippen molar-refractivity contribution < 1.29 is 4.79 Å². The van der Waals surface area contributed by atoms with Crippen molar-refractivity contribution in [2.24, 2.45) is 10.9 Å². The molecule has 0 spiro atoms. The molecule has 7 nitrogen and oxygen atoms in total. The van der Waals surface area contributed by atoms with E-state index in [2.05, 4.69) is 32.1 Å². The lowest BCUT2D eigenvalue weighted by molar-refractivity contribution is -0.134. The van der Waals surface area contributed by atoms with Crippen molar-refractivity contribution in [3.05, 3.63) is 70.5 Å². The Morgan fingerprint density at radius 1 is 1.00 bits per heavy atom. The number of aromatic nitrogens is 3. The Balaban J connectivity index is 1.43. The number of hydrogen-bond acceptors (Lipinski definition) is 5. The Bertz CT molecular complexity index is 1170. The van der Waals surface area contributed by atoms with Gasteiger partial charge in [-0.1, -0.05) is 47.5 Å². The standard InChI is InChI=1S/C23H22Cl2N6O/c1-15-20(22(32)30-11-9-29(10-12-30)17-5-3-2-4-6-17)21(31-23(28-15)26-14-27-31)16-7-8-18(24)19(25)13-16/h2-8,13-14,20-21H,9-12H2,1H3. The largest absolute Gasteiger partial charge is 0.368 e. The molecule has 2 atom stereocenters. The molecule has 5 rings (SSSR count). The number of nitrogens with zero attached hydrogens (tertiary/aromatic N) is 6. The number of carbonyl (C=O) groups excluding carboxylic acids is 1. The Morgan fingerprint density at radius 2 is 1.75 bits per heavy atom. The minimum absolute atomic E-state index is 0.0381. The van der Waals surface area contributed by atoms with E-state index in [9.17, 15) is 4.79 Å². The first-order chi connectivity index (χ1) is 15.5. The van der Waals surface area contributed by atoms with Crippen molar-refractivity contribution in [3.63, 3.8) is 0 Å². The first-order valence-electron chi connectivity index (χ1n) is 10.5. The normalized spacial score (nSPS) is 20.7. The highest BCUT2D eigenvalue weighted by molar-refractivity contribution is 6.42. The van der Waals surface area contributed by atoms with Crippen LogP contribution in [0.15, 0.2) is 59.9 Å². The lowest BCUT2D eigenvalue weighted by Crippen LogP contribution is -2.53. The van der Waals surface area contributed by atoms with Crippen LogP contribution in [0.4, 0.5) is 11.6 Å². The van der Waals surface area contributed by atoms with Crippen molar-refractivity contribution in [1.82, 2.24) is 19.7 Å². The van der Waals surface area contributed by atoms with Gasteiger partial charge in [-0.15, -0.1) is 0 Å². The molecular formula is C23H22Cl2N6O. The summed E-state index contributed by atoms with van der Waals surface area (Å²) in [5.74, 6) is 0.0254. The number of amides is 1. The van der Waals surface area contributed by atoms with Crippen LogP contribution in [0.5, 0.6) is 0 Å². The molecule has 1 amide bonds. The molecule has 0 aliphatic carbocycles. The topological polar surface area (TPSA) is 66.6 Å². The summed E-state index contributed by atoms with van der Waals surface area (Å²) in [6.07, 6.45) is 1.46. The minimum Gasteiger partial charge on any atom is -0.368 e. The quantitative estimate of drug-likeness (QED) is 0.576. The van der Waals surface area contributed by atoms with Gasteiger partial charge in [0, 0.05) is 37.6 Å². The third-order valence-electron chi connectivity index (χ3n) is 6.12. The van der Waals surface area contributed by atoms with E-state index in [-0.39, 0.29) is 11.9 Å². The predicted molar refractivity (Wildman–Crippen MR) is 126 cm³/mol. The lowest BCUT2D eigenvalue weighted by atomic mass is 9.87. The van der Waals surface area contributed by atoms with Gasteiger partial charge in [0.25, 0.3) is 0 Å². The molecule has 2 aliphatic rings. The number of halogens is 2. The molecule has 2 unspecified atom stereocenters. The smallest absolute Gasteiger partial charge is 0.248 e. The van der Waals surface area contributed by atoms with Gasteiger partial charge in [0.15, 0.2) is 0 Å². The van der Waals surface area contributed by atoms with Gasteiger partial charge in [0.05, 0.1) is 16.1 Å². The van der Waals surface area contributed by atoms with E-state index in [0.29, 0.717) is 29.1 Å². The molecular weight excluding hydrogens is 447 g/mol. The highest BCUT2D eigenvalue weighted by Crippen LogP contribution is 2.38. The molecule has 0 bridgehead atoms. The predicted octanol–water partition coefficient (Wildman–Crippen LogP) is 4.25. The maximum Gasteiger partial charge on any atom is 0.248 e.